The normalized spacial score (nSPS) is 13.0. The van der Waals surface area contributed by atoms with Crippen LogP contribution in [0.5, 0.6) is 0 Å². The number of alkyl halides is 1. The maximum Gasteiger partial charge on any atom is 0.323 e. The van der Waals surface area contributed by atoms with Gasteiger partial charge < -0.3 is 14.4 Å². The lowest BCUT2D eigenvalue weighted by atomic mass is 10.1. The van der Waals surface area contributed by atoms with Crippen LogP contribution in [0, 0.1) is 0 Å². The highest BCUT2D eigenvalue weighted by Gasteiger charge is 2.14. The van der Waals surface area contributed by atoms with Crippen LogP contribution in [0.25, 0.3) is 11.0 Å². The number of nitrogens with one attached hydrogen (secondary N) is 2. The smallest absolute Gasteiger partial charge is 0.323 e. The zero-order valence-electron chi connectivity index (χ0n) is 8.74. The van der Waals surface area contributed by atoms with Gasteiger partial charge in [0.05, 0.1) is 17.3 Å². The molecule has 0 saturated heterocycles. The molecule has 0 bridgehead atoms. The predicted molar refractivity (Wildman–Crippen MR) is 65.3 cm³/mol. The van der Waals surface area contributed by atoms with Crippen molar-refractivity contribution in [3.63, 3.8) is 0 Å². The number of benzene rings is 1. The molecule has 4 nitrogen and oxygen atoms in total. The van der Waals surface area contributed by atoms with Gasteiger partial charge in [0.2, 0.25) is 0 Å². The third kappa shape index (κ3) is 1.76. The molecule has 3 aromatic rings. The number of furan rings is 1. The summed E-state index contributed by atoms with van der Waals surface area (Å²) in [6.45, 7) is 0. The highest BCUT2D eigenvalue weighted by atomic mass is 35.5. The molecule has 2 N–H and O–H groups in total. The number of halogens is 1. The molecule has 1 unspecified atom stereocenters. The van der Waals surface area contributed by atoms with Crippen LogP contribution in [-0.2, 0) is 0 Å². The van der Waals surface area contributed by atoms with Gasteiger partial charge in [-0.25, -0.2) is 4.79 Å². The average molecular weight is 249 g/mol. The quantitative estimate of drug-likeness (QED) is 0.685. The Kier molecular flexibility index (Phi) is 2.30. The molecule has 2 aromatic heterocycles. The fraction of sp³-hybridized carbons (Fsp3) is 0.0833. The Morgan fingerprint density at radius 1 is 1.18 bits per heavy atom. The van der Waals surface area contributed by atoms with Gasteiger partial charge >= 0.3 is 5.69 Å². The molecule has 5 heteroatoms. The zero-order valence-corrected chi connectivity index (χ0v) is 9.49. The second-order valence-electron chi connectivity index (χ2n) is 3.76. The molecule has 0 aliphatic rings. The minimum Gasteiger partial charge on any atom is -0.467 e. The largest absolute Gasteiger partial charge is 0.467 e. The van der Waals surface area contributed by atoms with Crippen LogP contribution in [-0.4, -0.2) is 9.97 Å². The number of aromatic amines is 2. The second kappa shape index (κ2) is 3.82. The van der Waals surface area contributed by atoms with Crippen LogP contribution in [0.4, 0.5) is 0 Å². The Bertz CT molecular complexity index is 697. The van der Waals surface area contributed by atoms with E-state index in [1.165, 1.54) is 0 Å². The van der Waals surface area contributed by atoms with Gasteiger partial charge in [0.25, 0.3) is 0 Å². The summed E-state index contributed by atoms with van der Waals surface area (Å²) in [6.07, 6.45) is 1.58. The van der Waals surface area contributed by atoms with Crippen LogP contribution < -0.4 is 5.69 Å². The van der Waals surface area contributed by atoms with Gasteiger partial charge in [-0.2, -0.15) is 0 Å². The summed E-state index contributed by atoms with van der Waals surface area (Å²) in [5.41, 5.74) is 2.16. The van der Waals surface area contributed by atoms with Gasteiger partial charge in [0, 0.05) is 0 Å². The van der Waals surface area contributed by atoms with Gasteiger partial charge in [0.15, 0.2) is 0 Å². The first-order chi connectivity index (χ1) is 8.24. The molecule has 0 radical (unpaired) electrons. The molecule has 0 fully saturated rings. The highest BCUT2D eigenvalue weighted by Crippen LogP contribution is 2.30. The highest BCUT2D eigenvalue weighted by molar-refractivity contribution is 6.22. The topological polar surface area (TPSA) is 61.8 Å². The summed E-state index contributed by atoms with van der Waals surface area (Å²) in [6, 6.07) is 9.14. The Balaban J connectivity index is 2.08. The Hall–Kier alpha value is -1.94. The van der Waals surface area contributed by atoms with Gasteiger partial charge in [-0.05, 0) is 29.8 Å². The third-order valence-electron chi connectivity index (χ3n) is 2.63. The maximum absolute atomic E-state index is 11.1. The lowest BCUT2D eigenvalue weighted by Crippen LogP contribution is -1.99. The van der Waals surface area contributed by atoms with Crippen molar-refractivity contribution in [1.29, 1.82) is 0 Å². The number of rotatable bonds is 2. The fourth-order valence-corrected chi connectivity index (χ4v) is 2.07. The molecule has 0 saturated carbocycles. The average Bonchev–Trinajstić information content (AvgIpc) is 2.94. The predicted octanol–water partition coefficient (Wildman–Crippen LogP) is 2.78. The van der Waals surface area contributed by atoms with Gasteiger partial charge in [0.1, 0.15) is 11.1 Å². The van der Waals surface area contributed by atoms with E-state index < -0.39 is 0 Å². The Morgan fingerprint density at radius 3 is 2.76 bits per heavy atom. The van der Waals surface area contributed by atoms with Crippen LogP contribution in [0.3, 0.4) is 0 Å². The summed E-state index contributed by atoms with van der Waals surface area (Å²) in [4.78, 5) is 16.5. The molecule has 3 rings (SSSR count). The second-order valence-corrected chi connectivity index (χ2v) is 4.20. The van der Waals surface area contributed by atoms with E-state index in [1.54, 1.807) is 12.3 Å². The number of H-pyrrole nitrogens is 2. The number of aromatic nitrogens is 2. The van der Waals surface area contributed by atoms with E-state index >= 15 is 0 Å². The third-order valence-corrected chi connectivity index (χ3v) is 3.09. The van der Waals surface area contributed by atoms with Gasteiger partial charge in [-0.1, -0.05) is 6.07 Å². The lowest BCUT2D eigenvalue weighted by molar-refractivity contribution is 0.516. The molecule has 0 aliphatic heterocycles. The molecular formula is C12H9ClN2O2. The SMILES string of the molecule is O=c1[nH]c2ccc(C(Cl)c3ccco3)cc2[nH]1. The van der Waals surface area contributed by atoms with Crippen molar-refractivity contribution in [3.05, 3.63) is 58.4 Å². The van der Waals surface area contributed by atoms with Crippen molar-refractivity contribution in [2.45, 2.75) is 5.38 Å². The standard InChI is InChI=1S/C12H9ClN2O2/c13-11(10-2-1-5-17-10)7-3-4-8-9(6-7)15-12(16)14-8/h1-6,11H,(H2,14,15,16). The van der Waals surface area contributed by atoms with Crippen LogP contribution in [0.1, 0.15) is 16.7 Å². The van der Waals surface area contributed by atoms with Crippen molar-refractivity contribution in [1.82, 2.24) is 9.97 Å². The van der Waals surface area contributed by atoms with E-state index in [4.69, 9.17) is 16.0 Å². The number of hydrogen-bond acceptors (Lipinski definition) is 2. The molecular weight excluding hydrogens is 240 g/mol. The van der Waals surface area contributed by atoms with Crippen LogP contribution in [0.15, 0.2) is 45.8 Å². The minimum absolute atomic E-state index is 0.221. The van der Waals surface area contributed by atoms with Gasteiger partial charge in [-0.3, -0.25) is 0 Å². The van der Waals surface area contributed by atoms with Crippen molar-refractivity contribution in [2.24, 2.45) is 0 Å². The molecule has 0 spiro atoms. The molecule has 2 heterocycles. The van der Waals surface area contributed by atoms with E-state index in [2.05, 4.69) is 9.97 Å². The van der Waals surface area contributed by atoms with Crippen molar-refractivity contribution in [2.75, 3.05) is 0 Å². The van der Waals surface area contributed by atoms with E-state index in [9.17, 15) is 4.79 Å². The number of hydrogen-bond donors (Lipinski definition) is 2. The van der Waals surface area contributed by atoms with Gasteiger partial charge in [-0.15, -0.1) is 11.6 Å². The summed E-state index contributed by atoms with van der Waals surface area (Å²) < 4.78 is 5.26. The van der Waals surface area contributed by atoms with E-state index in [0.717, 1.165) is 16.6 Å². The molecule has 1 atom stereocenters. The number of imidazole rings is 1. The lowest BCUT2D eigenvalue weighted by Gasteiger charge is -2.06. The van der Waals surface area contributed by atoms with Crippen molar-refractivity contribution < 1.29 is 4.42 Å². The number of fused-ring (bicyclic) bond motifs is 1. The van der Waals surface area contributed by atoms with E-state index in [-0.39, 0.29) is 11.1 Å². The first kappa shape index (κ1) is 10.2. The minimum atomic E-state index is -0.354. The van der Waals surface area contributed by atoms with E-state index in [0.29, 0.717) is 5.76 Å². The molecule has 0 aliphatic carbocycles. The molecule has 0 amide bonds. The maximum atomic E-state index is 11.1. The van der Waals surface area contributed by atoms with Crippen LogP contribution in [0.2, 0.25) is 0 Å². The van der Waals surface area contributed by atoms with Crippen molar-refractivity contribution >= 4 is 22.6 Å². The van der Waals surface area contributed by atoms with E-state index in [1.807, 2.05) is 24.3 Å². The summed E-state index contributed by atoms with van der Waals surface area (Å²) >= 11 is 6.28. The Morgan fingerprint density at radius 2 is 2.00 bits per heavy atom. The van der Waals surface area contributed by atoms with Crippen LogP contribution >= 0.6 is 11.6 Å². The fourth-order valence-electron chi connectivity index (χ4n) is 1.81. The Labute approximate surface area is 101 Å². The summed E-state index contributed by atoms with van der Waals surface area (Å²) in [5.74, 6) is 0.684. The first-order valence-corrected chi connectivity index (χ1v) is 5.57. The summed E-state index contributed by atoms with van der Waals surface area (Å²) in [5, 5.41) is -0.354. The molecule has 86 valence electrons. The van der Waals surface area contributed by atoms with Crippen molar-refractivity contribution in [3.8, 4) is 0 Å². The summed E-state index contributed by atoms with van der Waals surface area (Å²) in [7, 11) is 0. The monoisotopic (exact) mass is 248 g/mol. The first-order valence-electron chi connectivity index (χ1n) is 5.13. The molecule has 1 aromatic carbocycles. The zero-order chi connectivity index (χ0) is 11.8. The molecule has 17 heavy (non-hydrogen) atoms.